The number of carbonyl (C=O) groups is 1. The van der Waals surface area contributed by atoms with Crippen LogP contribution in [0.15, 0.2) is 21.8 Å². The Labute approximate surface area is 73.9 Å². The van der Waals surface area contributed by atoms with Crippen molar-refractivity contribution in [2.75, 3.05) is 7.11 Å². The van der Waals surface area contributed by atoms with Crippen molar-refractivity contribution in [1.82, 2.24) is 0 Å². The molecule has 0 saturated heterocycles. The van der Waals surface area contributed by atoms with E-state index in [1.54, 1.807) is 0 Å². The Morgan fingerprint density at radius 3 is 2.69 bits per heavy atom. The quantitative estimate of drug-likeness (QED) is 0.553. The zero-order chi connectivity index (χ0) is 10.1. The second-order valence-electron chi connectivity index (χ2n) is 2.09. The third kappa shape index (κ3) is 1.87. The highest BCUT2D eigenvalue weighted by molar-refractivity contribution is 7.85. The summed E-state index contributed by atoms with van der Waals surface area (Å²) in [6.07, 6.45) is 0.968. The third-order valence-electron chi connectivity index (χ3n) is 1.27. The van der Waals surface area contributed by atoms with Crippen molar-refractivity contribution in [2.45, 2.75) is 5.09 Å². The summed E-state index contributed by atoms with van der Waals surface area (Å²) in [5.41, 5.74) is -0.329. The van der Waals surface area contributed by atoms with Gasteiger partial charge in [0.15, 0.2) is 0 Å². The first-order chi connectivity index (χ1) is 5.96. The Morgan fingerprint density at radius 1 is 1.62 bits per heavy atom. The van der Waals surface area contributed by atoms with Gasteiger partial charge < -0.3 is 9.15 Å². The van der Waals surface area contributed by atoms with Crippen LogP contribution >= 0.6 is 0 Å². The number of ether oxygens (including phenoxy) is 1. The molecule has 1 aromatic rings. The lowest BCUT2D eigenvalue weighted by Crippen LogP contribution is -2.07. The standard InChI is InChI=1S/C6H6O6S/c1-11-5(7)4-2-3-12-6(4)13(8,9)10/h2-3H,1H3,(H,8,9,10). The van der Waals surface area contributed by atoms with E-state index in [0.29, 0.717) is 0 Å². The van der Waals surface area contributed by atoms with Gasteiger partial charge in [-0.1, -0.05) is 0 Å². The van der Waals surface area contributed by atoms with Crippen molar-refractivity contribution in [2.24, 2.45) is 0 Å². The summed E-state index contributed by atoms with van der Waals surface area (Å²) in [5.74, 6) is -0.888. The molecule has 0 fully saturated rings. The summed E-state index contributed by atoms with van der Waals surface area (Å²) in [6, 6.07) is 1.09. The fraction of sp³-hybridized carbons (Fsp3) is 0.167. The van der Waals surface area contributed by atoms with Gasteiger partial charge in [0, 0.05) is 0 Å². The summed E-state index contributed by atoms with van der Waals surface area (Å²) < 4.78 is 38.4. The van der Waals surface area contributed by atoms with Crippen molar-refractivity contribution in [3.05, 3.63) is 17.9 Å². The topological polar surface area (TPSA) is 93.8 Å². The maximum absolute atomic E-state index is 10.9. The summed E-state index contributed by atoms with van der Waals surface area (Å²) in [6.45, 7) is 0. The maximum Gasteiger partial charge on any atom is 0.342 e. The average molecular weight is 206 g/mol. The molecule has 0 bridgehead atoms. The van der Waals surface area contributed by atoms with E-state index in [1.165, 1.54) is 0 Å². The van der Waals surface area contributed by atoms with E-state index in [2.05, 4.69) is 9.15 Å². The molecule has 0 amide bonds. The van der Waals surface area contributed by atoms with Gasteiger partial charge in [0.05, 0.1) is 13.4 Å². The van der Waals surface area contributed by atoms with Crippen molar-refractivity contribution in [3.63, 3.8) is 0 Å². The van der Waals surface area contributed by atoms with Crippen LogP contribution in [-0.4, -0.2) is 26.0 Å². The molecule has 7 heteroatoms. The normalized spacial score (nSPS) is 11.2. The lowest BCUT2D eigenvalue weighted by atomic mass is 10.3. The molecule has 0 aliphatic heterocycles. The smallest absolute Gasteiger partial charge is 0.342 e. The first-order valence-electron chi connectivity index (χ1n) is 3.10. The fourth-order valence-electron chi connectivity index (χ4n) is 0.756. The highest BCUT2D eigenvalue weighted by atomic mass is 32.2. The molecule has 0 aliphatic carbocycles. The van der Waals surface area contributed by atoms with Gasteiger partial charge in [-0.25, -0.2) is 4.79 Å². The minimum Gasteiger partial charge on any atom is -0.465 e. The molecule has 0 spiro atoms. The highest BCUT2D eigenvalue weighted by Gasteiger charge is 2.24. The van der Waals surface area contributed by atoms with Gasteiger partial charge in [-0.2, -0.15) is 8.42 Å². The van der Waals surface area contributed by atoms with E-state index in [0.717, 1.165) is 19.4 Å². The molecule has 0 aromatic carbocycles. The Hall–Kier alpha value is -1.34. The monoisotopic (exact) mass is 206 g/mol. The van der Waals surface area contributed by atoms with Crippen LogP contribution in [0.1, 0.15) is 10.4 Å². The predicted octanol–water partition coefficient (Wildman–Crippen LogP) is 0.313. The molecular weight excluding hydrogens is 200 g/mol. The van der Waals surface area contributed by atoms with Crippen molar-refractivity contribution >= 4 is 16.1 Å². The number of hydrogen-bond donors (Lipinski definition) is 1. The third-order valence-corrected chi connectivity index (χ3v) is 2.05. The van der Waals surface area contributed by atoms with E-state index in [9.17, 15) is 13.2 Å². The number of furan rings is 1. The SMILES string of the molecule is COC(=O)c1ccoc1S(=O)(=O)O. The summed E-state index contributed by atoms with van der Waals surface area (Å²) in [4.78, 5) is 10.9. The lowest BCUT2D eigenvalue weighted by molar-refractivity contribution is 0.0592. The molecule has 13 heavy (non-hydrogen) atoms. The highest BCUT2D eigenvalue weighted by Crippen LogP contribution is 2.16. The van der Waals surface area contributed by atoms with Gasteiger partial charge in [-0.3, -0.25) is 4.55 Å². The molecule has 0 unspecified atom stereocenters. The number of rotatable bonds is 2. The van der Waals surface area contributed by atoms with Crippen molar-refractivity contribution in [1.29, 1.82) is 0 Å². The van der Waals surface area contributed by atoms with Gasteiger partial charge in [-0.05, 0) is 6.07 Å². The van der Waals surface area contributed by atoms with E-state index < -0.39 is 21.2 Å². The van der Waals surface area contributed by atoms with Crippen LogP contribution in [0.5, 0.6) is 0 Å². The van der Waals surface area contributed by atoms with Crippen LogP contribution in [0, 0.1) is 0 Å². The largest absolute Gasteiger partial charge is 0.465 e. The molecule has 6 nitrogen and oxygen atoms in total. The van der Waals surface area contributed by atoms with Crippen LogP contribution in [0.2, 0.25) is 0 Å². The molecule has 1 heterocycles. The van der Waals surface area contributed by atoms with Gasteiger partial charge in [-0.15, -0.1) is 0 Å². The maximum atomic E-state index is 10.9. The van der Waals surface area contributed by atoms with Gasteiger partial charge >= 0.3 is 16.1 Å². The Bertz CT molecular complexity index is 414. The molecule has 1 aromatic heterocycles. The molecule has 0 aliphatic rings. The zero-order valence-corrected chi connectivity index (χ0v) is 7.37. The van der Waals surface area contributed by atoms with Crippen LogP contribution in [0.4, 0.5) is 0 Å². The number of methoxy groups -OCH3 is 1. The van der Waals surface area contributed by atoms with E-state index in [1.807, 2.05) is 0 Å². The Balaban J connectivity index is 3.26. The van der Waals surface area contributed by atoms with Crippen LogP contribution in [-0.2, 0) is 14.9 Å². The lowest BCUT2D eigenvalue weighted by Gasteiger charge is -1.96. The van der Waals surface area contributed by atoms with Crippen LogP contribution in [0.3, 0.4) is 0 Å². The Kier molecular flexibility index (Phi) is 2.39. The number of hydrogen-bond acceptors (Lipinski definition) is 5. The molecule has 0 saturated carbocycles. The summed E-state index contributed by atoms with van der Waals surface area (Å²) >= 11 is 0. The molecule has 0 atom stereocenters. The van der Waals surface area contributed by atoms with E-state index in [-0.39, 0.29) is 5.56 Å². The van der Waals surface area contributed by atoms with Crippen LogP contribution in [0.25, 0.3) is 0 Å². The minimum atomic E-state index is -4.51. The molecule has 0 radical (unpaired) electrons. The summed E-state index contributed by atoms with van der Waals surface area (Å²) in [7, 11) is -3.43. The second-order valence-corrected chi connectivity index (χ2v) is 3.41. The van der Waals surface area contributed by atoms with Crippen molar-refractivity contribution in [3.8, 4) is 0 Å². The first-order valence-corrected chi connectivity index (χ1v) is 4.54. The van der Waals surface area contributed by atoms with Gasteiger partial charge in [0.25, 0.3) is 5.09 Å². The van der Waals surface area contributed by atoms with E-state index in [4.69, 9.17) is 4.55 Å². The molecular formula is C6H6O6S. The minimum absolute atomic E-state index is 0.329. The van der Waals surface area contributed by atoms with Gasteiger partial charge in [0.2, 0.25) is 0 Å². The second kappa shape index (κ2) is 3.19. The Morgan fingerprint density at radius 2 is 2.23 bits per heavy atom. The van der Waals surface area contributed by atoms with Crippen molar-refractivity contribution < 1.29 is 26.9 Å². The molecule has 1 N–H and O–H groups in total. The first kappa shape index (κ1) is 9.75. The fourth-order valence-corrected chi connectivity index (χ4v) is 1.36. The zero-order valence-electron chi connectivity index (χ0n) is 6.55. The predicted molar refractivity (Wildman–Crippen MR) is 39.9 cm³/mol. The van der Waals surface area contributed by atoms with Crippen LogP contribution < -0.4 is 0 Å². The molecule has 1 rings (SSSR count). The number of carbonyl (C=O) groups excluding carboxylic acids is 1. The van der Waals surface area contributed by atoms with E-state index >= 15 is 0 Å². The summed E-state index contributed by atoms with van der Waals surface area (Å²) in [5, 5.41) is -0.806. The van der Waals surface area contributed by atoms with Gasteiger partial charge in [0.1, 0.15) is 5.56 Å². The molecule has 72 valence electrons. The average Bonchev–Trinajstić information content (AvgIpc) is 2.49. The number of esters is 1.